The predicted molar refractivity (Wildman–Crippen MR) is 54.4 cm³/mol. The van der Waals surface area contributed by atoms with Crippen LogP contribution < -0.4 is 11.5 Å². The molecule has 14 heavy (non-hydrogen) atoms. The van der Waals surface area contributed by atoms with Crippen LogP contribution in [0.3, 0.4) is 0 Å². The van der Waals surface area contributed by atoms with Crippen molar-refractivity contribution in [2.24, 2.45) is 5.92 Å². The molecule has 5 heteroatoms. The molecule has 1 atom stereocenters. The number of aromatic nitrogens is 3. The van der Waals surface area contributed by atoms with E-state index in [9.17, 15) is 0 Å². The summed E-state index contributed by atoms with van der Waals surface area (Å²) in [6, 6.07) is 0. The fraction of sp³-hybridized carbons (Fsp3) is 0.667. The smallest absolute Gasteiger partial charge is 0.225 e. The minimum Gasteiger partial charge on any atom is -0.368 e. The minimum atomic E-state index is 0.228. The zero-order valence-corrected chi connectivity index (χ0v) is 8.27. The zero-order valence-electron chi connectivity index (χ0n) is 8.27. The van der Waals surface area contributed by atoms with Gasteiger partial charge in [0.05, 0.1) is 0 Å². The summed E-state index contributed by atoms with van der Waals surface area (Å²) in [5.41, 5.74) is 11.1. The number of nitrogen functional groups attached to an aromatic ring is 2. The molecule has 5 nitrogen and oxygen atoms in total. The van der Waals surface area contributed by atoms with Crippen molar-refractivity contribution in [2.45, 2.75) is 32.1 Å². The highest BCUT2D eigenvalue weighted by atomic mass is 15.1. The van der Waals surface area contributed by atoms with Crippen LogP contribution >= 0.6 is 0 Å². The van der Waals surface area contributed by atoms with Crippen molar-refractivity contribution in [3.63, 3.8) is 0 Å². The van der Waals surface area contributed by atoms with Gasteiger partial charge >= 0.3 is 0 Å². The van der Waals surface area contributed by atoms with Gasteiger partial charge in [-0.05, 0) is 25.2 Å². The summed E-state index contributed by atoms with van der Waals surface area (Å²) in [5, 5.41) is 0. The van der Waals surface area contributed by atoms with E-state index in [-0.39, 0.29) is 11.9 Å². The average Bonchev–Trinajstić information content (AvgIpc) is 2.87. The largest absolute Gasteiger partial charge is 0.368 e. The Hall–Kier alpha value is -1.39. The first-order valence-electron chi connectivity index (χ1n) is 4.97. The minimum absolute atomic E-state index is 0.228. The molecule has 0 aromatic carbocycles. The Morgan fingerprint density at radius 2 is 1.79 bits per heavy atom. The van der Waals surface area contributed by atoms with Crippen LogP contribution in [0.15, 0.2) is 0 Å². The van der Waals surface area contributed by atoms with Gasteiger partial charge < -0.3 is 11.5 Å². The molecule has 1 unspecified atom stereocenters. The van der Waals surface area contributed by atoms with Crippen LogP contribution in [-0.4, -0.2) is 15.0 Å². The van der Waals surface area contributed by atoms with Crippen LogP contribution in [0.5, 0.6) is 0 Å². The topological polar surface area (TPSA) is 90.7 Å². The van der Waals surface area contributed by atoms with Gasteiger partial charge in [-0.25, -0.2) is 0 Å². The quantitative estimate of drug-likeness (QED) is 0.745. The van der Waals surface area contributed by atoms with Gasteiger partial charge in [-0.2, -0.15) is 15.0 Å². The Kier molecular flexibility index (Phi) is 2.23. The van der Waals surface area contributed by atoms with Crippen LogP contribution in [0.4, 0.5) is 11.9 Å². The van der Waals surface area contributed by atoms with Crippen molar-refractivity contribution in [2.75, 3.05) is 11.5 Å². The van der Waals surface area contributed by atoms with Crippen molar-refractivity contribution in [3.05, 3.63) is 5.82 Å². The monoisotopic (exact) mass is 193 g/mol. The van der Waals surface area contributed by atoms with Crippen molar-refractivity contribution < 1.29 is 0 Å². The normalized spacial score (nSPS) is 18.1. The molecule has 0 radical (unpaired) electrons. The highest BCUT2D eigenvalue weighted by Crippen LogP contribution is 2.43. The second-order valence-corrected chi connectivity index (χ2v) is 3.76. The van der Waals surface area contributed by atoms with Crippen LogP contribution in [0.2, 0.25) is 0 Å². The lowest BCUT2D eigenvalue weighted by molar-refractivity contribution is 0.552. The Balaban J connectivity index is 2.28. The molecule has 1 fully saturated rings. The van der Waals surface area contributed by atoms with E-state index in [1.807, 2.05) is 0 Å². The van der Waals surface area contributed by atoms with Crippen LogP contribution in [0, 0.1) is 5.92 Å². The zero-order chi connectivity index (χ0) is 10.1. The Labute approximate surface area is 83.0 Å². The molecular formula is C9H15N5. The second kappa shape index (κ2) is 3.40. The molecule has 1 heterocycles. The van der Waals surface area contributed by atoms with Crippen LogP contribution in [0.25, 0.3) is 0 Å². The molecule has 0 aliphatic heterocycles. The third-order valence-corrected chi connectivity index (χ3v) is 2.65. The molecule has 0 saturated heterocycles. The highest BCUT2D eigenvalue weighted by molar-refractivity contribution is 5.27. The van der Waals surface area contributed by atoms with Crippen LogP contribution in [-0.2, 0) is 0 Å². The van der Waals surface area contributed by atoms with Crippen molar-refractivity contribution in [1.82, 2.24) is 15.0 Å². The van der Waals surface area contributed by atoms with Gasteiger partial charge in [-0.3, -0.25) is 0 Å². The van der Waals surface area contributed by atoms with Gasteiger partial charge in [0.2, 0.25) is 11.9 Å². The second-order valence-electron chi connectivity index (χ2n) is 3.76. The molecule has 0 spiro atoms. The van der Waals surface area contributed by atoms with Crippen molar-refractivity contribution in [1.29, 1.82) is 0 Å². The number of hydrogen-bond donors (Lipinski definition) is 2. The van der Waals surface area contributed by atoms with Crippen LogP contribution in [0.1, 0.15) is 37.9 Å². The molecule has 1 saturated carbocycles. The molecular weight excluding hydrogens is 178 g/mol. The molecule has 1 aromatic rings. The Morgan fingerprint density at radius 1 is 1.21 bits per heavy atom. The lowest BCUT2D eigenvalue weighted by atomic mass is 10.00. The van der Waals surface area contributed by atoms with Gasteiger partial charge in [0.15, 0.2) is 0 Å². The first-order valence-corrected chi connectivity index (χ1v) is 4.97. The van der Waals surface area contributed by atoms with Gasteiger partial charge in [0.25, 0.3) is 0 Å². The number of rotatable bonds is 3. The summed E-state index contributed by atoms with van der Waals surface area (Å²) in [7, 11) is 0. The summed E-state index contributed by atoms with van der Waals surface area (Å²) in [5.74, 6) is 2.35. The number of nitrogens with zero attached hydrogens (tertiary/aromatic N) is 3. The third kappa shape index (κ3) is 1.76. The molecule has 4 N–H and O–H groups in total. The number of hydrogen-bond acceptors (Lipinski definition) is 5. The van der Waals surface area contributed by atoms with Crippen molar-refractivity contribution >= 4 is 11.9 Å². The number of nitrogens with two attached hydrogens (primary N) is 2. The Bertz CT molecular complexity index is 314. The maximum atomic E-state index is 5.53. The molecule has 1 aromatic heterocycles. The van der Waals surface area contributed by atoms with E-state index in [1.54, 1.807) is 0 Å². The maximum Gasteiger partial charge on any atom is 0.225 e. The van der Waals surface area contributed by atoms with Gasteiger partial charge in [0, 0.05) is 5.92 Å². The van der Waals surface area contributed by atoms with Gasteiger partial charge in [-0.15, -0.1) is 0 Å². The lowest BCUT2D eigenvalue weighted by Gasteiger charge is -2.12. The summed E-state index contributed by atoms with van der Waals surface area (Å²) in [4.78, 5) is 12.0. The first kappa shape index (κ1) is 9.18. The van der Waals surface area contributed by atoms with E-state index in [0.29, 0.717) is 5.92 Å². The summed E-state index contributed by atoms with van der Waals surface area (Å²) < 4.78 is 0. The molecule has 2 rings (SSSR count). The standard InChI is InChI=1S/C9H15N5/c1-2-6(5-3-4-5)7-12-8(10)14-9(11)13-7/h5-6H,2-4H2,1H3,(H4,10,11,12,13,14). The highest BCUT2D eigenvalue weighted by Gasteiger charge is 2.33. The van der Waals surface area contributed by atoms with E-state index < -0.39 is 0 Å². The maximum absolute atomic E-state index is 5.53. The lowest BCUT2D eigenvalue weighted by Crippen LogP contribution is -2.11. The van der Waals surface area contributed by atoms with E-state index in [4.69, 9.17) is 11.5 Å². The summed E-state index contributed by atoms with van der Waals surface area (Å²) >= 11 is 0. The molecule has 0 amide bonds. The van der Waals surface area contributed by atoms with E-state index >= 15 is 0 Å². The SMILES string of the molecule is CCC(c1nc(N)nc(N)n1)C1CC1. The van der Waals surface area contributed by atoms with E-state index in [2.05, 4.69) is 21.9 Å². The molecule has 1 aliphatic carbocycles. The third-order valence-electron chi connectivity index (χ3n) is 2.65. The predicted octanol–water partition coefficient (Wildman–Crippen LogP) is 0.940. The fourth-order valence-electron chi connectivity index (χ4n) is 1.82. The first-order chi connectivity index (χ1) is 6.70. The Morgan fingerprint density at radius 3 is 2.21 bits per heavy atom. The number of anilines is 2. The summed E-state index contributed by atoms with van der Waals surface area (Å²) in [6.45, 7) is 2.14. The van der Waals surface area contributed by atoms with Crippen molar-refractivity contribution in [3.8, 4) is 0 Å². The van der Waals surface area contributed by atoms with Gasteiger partial charge in [-0.1, -0.05) is 6.92 Å². The van der Waals surface area contributed by atoms with Gasteiger partial charge in [0.1, 0.15) is 5.82 Å². The van der Waals surface area contributed by atoms with E-state index in [0.717, 1.165) is 18.2 Å². The molecule has 76 valence electrons. The molecule has 0 bridgehead atoms. The summed E-state index contributed by atoms with van der Waals surface area (Å²) in [6.07, 6.45) is 3.57. The fourth-order valence-corrected chi connectivity index (χ4v) is 1.82. The van der Waals surface area contributed by atoms with E-state index in [1.165, 1.54) is 12.8 Å². The molecule has 1 aliphatic rings. The average molecular weight is 193 g/mol.